The maximum absolute atomic E-state index is 8.91. The fourth-order valence-corrected chi connectivity index (χ4v) is 2.15. The molecule has 0 radical (unpaired) electrons. The van der Waals surface area contributed by atoms with Crippen LogP contribution in [-0.4, -0.2) is 17.8 Å². The van der Waals surface area contributed by atoms with Crippen molar-refractivity contribution >= 4 is 11.3 Å². The molecule has 0 aliphatic carbocycles. The molecular formula is C10H17NOS. The fraction of sp³-hybridized carbons (Fsp3) is 0.600. The van der Waals surface area contributed by atoms with E-state index in [2.05, 4.69) is 30.6 Å². The Kier molecular flexibility index (Phi) is 4.42. The van der Waals surface area contributed by atoms with Gasteiger partial charge in [-0.1, -0.05) is 19.9 Å². The molecule has 0 aliphatic heterocycles. The predicted molar refractivity (Wildman–Crippen MR) is 57.0 cm³/mol. The normalized spacial score (nSPS) is 13.5. The van der Waals surface area contributed by atoms with Gasteiger partial charge < -0.3 is 10.4 Å². The minimum absolute atomic E-state index is 0.238. The van der Waals surface area contributed by atoms with E-state index in [9.17, 15) is 0 Å². The van der Waals surface area contributed by atoms with E-state index in [-0.39, 0.29) is 6.61 Å². The molecule has 0 aliphatic rings. The highest BCUT2D eigenvalue weighted by molar-refractivity contribution is 7.10. The summed E-state index contributed by atoms with van der Waals surface area (Å²) in [6.45, 7) is 4.48. The molecule has 1 unspecified atom stereocenters. The summed E-state index contributed by atoms with van der Waals surface area (Å²) in [6, 6.07) is 4.93. The highest BCUT2D eigenvalue weighted by Crippen LogP contribution is 2.21. The molecule has 2 N–H and O–H groups in total. The predicted octanol–water partition coefficient (Wildman–Crippen LogP) is 2.17. The van der Waals surface area contributed by atoms with E-state index in [0.717, 1.165) is 6.42 Å². The fourth-order valence-electron chi connectivity index (χ4n) is 1.33. The summed E-state index contributed by atoms with van der Waals surface area (Å²) in [6.07, 6.45) is 0.790. The van der Waals surface area contributed by atoms with Gasteiger partial charge >= 0.3 is 0 Å². The molecule has 1 atom stereocenters. The van der Waals surface area contributed by atoms with E-state index >= 15 is 0 Å². The third kappa shape index (κ3) is 3.46. The first-order valence-corrected chi connectivity index (χ1v) is 5.52. The van der Waals surface area contributed by atoms with Crippen LogP contribution in [0.5, 0.6) is 0 Å². The third-order valence-electron chi connectivity index (χ3n) is 1.84. The average Bonchev–Trinajstić information content (AvgIpc) is 2.54. The third-order valence-corrected chi connectivity index (χ3v) is 2.82. The molecule has 0 saturated heterocycles. The van der Waals surface area contributed by atoms with Gasteiger partial charge in [0.2, 0.25) is 0 Å². The van der Waals surface area contributed by atoms with E-state index in [0.29, 0.717) is 12.1 Å². The largest absolute Gasteiger partial charge is 0.396 e. The molecule has 0 aromatic carbocycles. The lowest BCUT2D eigenvalue weighted by Gasteiger charge is -2.18. The van der Waals surface area contributed by atoms with Crippen LogP contribution < -0.4 is 5.32 Å². The number of aliphatic hydroxyl groups is 1. The number of hydrogen-bond acceptors (Lipinski definition) is 3. The van der Waals surface area contributed by atoms with Crippen molar-refractivity contribution in [3.63, 3.8) is 0 Å². The Morgan fingerprint density at radius 3 is 2.77 bits per heavy atom. The van der Waals surface area contributed by atoms with E-state index in [1.54, 1.807) is 11.3 Å². The van der Waals surface area contributed by atoms with Crippen LogP contribution >= 0.6 is 11.3 Å². The number of rotatable bonds is 5. The molecule has 0 amide bonds. The van der Waals surface area contributed by atoms with Crippen LogP contribution in [0.1, 0.15) is 31.2 Å². The number of hydrogen-bond donors (Lipinski definition) is 2. The van der Waals surface area contributed by atoms with Gasteiger partial charge in [-0.3, -0.25) is 0 Å². The Hall–Kier alpha value is -0.380. The van der Waals surface area contributed by atoms with E-state index in [1.165, 1.54) is 4.88 Å². The van der Waals surface area contributed by atoms with E-state index in [4.69, 9.17) is 5.11 Å². The van der Waals surface area contributed by atoms with Gasteiger partial charge in [0.05, 0.1) is 0 Å². The minimum Gasteiger partial charge on any atom is -0.396 e. The molecule has 1 rings (SSSR count). The standard InChI is InChI=1S/C10H17NOS/c1-8(2)11-9(5-6-12)10-4-3-7-13-10/h3-4,7-9,11-12H,5-6H2,1-2H3. The van der Waals surface area contributed by atoms with Crippen molar-refractivity contribution in [3.8, 4) is 0 Å². The molecule has 1 aromatic rings. The van der Waals surface area contributed by atoms with Gasteiger partial charge in [-0.2, -0.15) is 0 Å². The molecular weight excluding hydrogens is 182 g/mol. The molecule has 1 aromatic heterocycles. The van der Waals surface area contributed by atoms with Crippen molar-refractivity contribution in [1.29, 1.82) is 0 Å². The van der Waals surface area contributed by atoms with Crippen molar-refractivity contribution in [2.45, 2.75) is 32.4 Å². The van der Waals surface area contributed by atoms with Gasteiger partial charge in [-0.05, 0) is 17.9 Å². The van der Waals surface area contributed by atoms with Crippen LogP contribution in [0, 0.1) is 0 Å². The Balaban J connectivity index is 2.57. The summed E-state index contributed by atoms with van der Waals surface area (Å²) in [4.78, 5) is 1.31. The van der Waals surface area contributed by atoms with Crippen molar-refractivity contribution in [1.82, 2.24) is 5.32 Å². The molecule has 0 saturated carbocycles. The lowest BCUT2D eigenvalue weighted by molar-refractivity contribution is 0.262. The quantitative estimate of drug-likeness (QED) is 0.761. The van der Waals surface area contributed by atoms with E-state index in [1.807, 2.05) is 6.07 Å². The molecule has 1 heterocycles. The molecule has 0 fully saturated rings. The Morgan fingerprint density at radius 2 is 2.31 bits per heavy atom. The Morgan fingerprint density at radius 1 is 1.54 bits per heavy atom. The first kappa shape index (κ1) is 10.7. The van der Waals surface area contributed by atoms with Crippen LogP contribution in [0.4, 0.5) is 0 Å². The summed E-state index contributed by atoms with van der Waals surface area (Å²) in [5, 5.41) is 14.4. The summed E-state index contributed by atoms with van der Waals surface area (Å²) in [5.41, 5.74) is 0. The zero-order chi connectivity index (χ0) is 9.68. The van der Waals surface area contributed by atoms with Crippen molar-refractivity contribution in [2.24, 2.45) is 0 Å². The second-order valence-corrected chi connectivity index (χ2v) is 4.38. The first-order chi connectivity index (χ1) is 6.24. The summed E-state index contributed by atoms with van der Waals surface area (Å²) >= 11 is 1.74. The second-order valence-electron chi connectivity index (χ2n) is 3.40. The lowest BCUT2D eigenvalue weighted by Crippen LogP contribution is -2.28. The minimum atomic E-state index is 0.238. The highest BCUT2D eigenvalue weighted by atomic mass is 32.1. The zero-order valence-corrected chi connectivity index (χ0v) is 8.97. The maximum atomic E-state index is 8.91. The smallest absolute Gasteiger partial charge is 0.0449 e. The average molecular weight is 199 g/mol. The molecule has 0 spiro atoms. The van der Waals surface area contributed by atoms with Crippen LogP contribution in [0.2, 0.25) is 0 Å². The molecule has 13 heavy (non-hydrogen) atoms. The van der Waals surface area contributed by atoms with Crippen LogP contribution in [0.15, 0.2) is 17.5 Å². The van der Waals surface area contributed by atoms with Gasteiger partial charge in [0.1, 0.15) is 0 Å². The maximum Gasteiger partial charge on any atom is 0.0449 e. The highest BCUT2D eigenvalue weighted by Gasteiger charge is 2.12. The van der Waals surface area contributed by atoms with Crippen LogP contribution in [0.3, 0.4) is 0 Å². The van der Waals surface area contributed by atoms with Gasteiger partial charge in [0.25, 0.3) is 0 Å². The van der Waals surface area contributed by atoms with Gasteiger partial charge in [0.15, 0.2) is 0 Å². The first-order valence-electron chi connectivity index (χ1n) is 4.64. The molecule has 74 valence electrons. The van der Waals surface area contributed by atoms with Crippen LogP contribution in [0.25, 0.3) is 0 Å². The zero-order valence-electron chi connectivity index (χ0n) is 8.16. The van der Waals surface area contributed by atoms with Gasteiger partial charge in [-0.25, -0.2) is 0 Å². The van der Waals surface area contributed by atoms with Gasteiger partial charge in [-0.15, -0.1) is 11.3 Å². The topological polar surface area (TPSA) is 32.3 Å². The number of nitrogens with one attached hydrogen (secondary N) is 1. The molecule has 3 heteroatoms. The van der Waals surface area contributed by atoms with E-state index < -0.39 is 0 Å². The molecule has 2 nitrogen and oxygen atoms in total. The Labute approximate surface area is 83.6 Å². The van der Waals surface area contributed by atoms with Crippen molar-refractivity contribution < 1.29 is 5.11 Å². The summed E-state index contributed by atoms with van der Waals surface area (Å²) < 4.78 is 0. The SMILES string of the molecule is CC(C)NC(CCO)c1cccs1. The van der Waals surface area contributed by atoms with Crippen LogP contribution in [-0.2, 0) is 0 Å². The summed E-state index contributed by atoms with van der Waals surface area (Å²) in [5.74, 6) is 0. The number of thiophene rings is 1. The molecule has 0 bridgehead atoms. The Bertz CT molecular complexity index is 221. The monoisotopic (exact) mass is 199 g/mol. The van der Waals surface area contributed by atoms with Gasteiger partial charge in [0, 0.05) is 23.6 Å². The lowest BCUT2D eigenvalue weighted by atomic mass is 10.1. The van der Waals surface area contributed by atoms with Crippen molar-refractivity contribution in [3.05, 3.63) is 22.4 Å². The second kappa shape index (κ2) is 5.37. The summed E-state index contributed by atoms with van der Waals surface area (Å²) in [7, 11) is 0. The number of aliphatic hydroxyl groups excluding tert-OH is 1. The van der Waals surface area contributed by atoms with Crippen molar-refractivity contribution in [2.75, 3.05) is 6.61 Å².